The summed E-state index contributed by atoms with van der Waals surface area (Å²) in [5.74, 6) is 0.700. The van der Waals surface area contributed by atoms with Gasteiger partial charge in [0.25, 0.3) is 0 Å². The van der Waals surface area contributed by atoms with Gasteiger partial charge in [0.2, 0.25) is 0 Å². The number of urea groups is 1. The third-order valence-corrected chi connectivity index (χ3v) is 3.31. The van der Waals surface area contributed by atoms with Gasteiger partial charge in [-0.05, 0) is 25.2 Å². The largest absolute Gasteiger partial charge is 0.335 e. The summed E-state index contributed by atoms with van der Waals surface area (Å²) in [5, 5.41) is 3.09. The van der Waals surface area contributed by atoms with Crippen LogP contribution in [0.25, 0.3) is 0 Å². The maximum Gasteiger partial charge on any atom is 0.317 e. The number of hydrogen-bond donors (Lipinski definition) is 1. The molecule has 0 aromatic rings. The van der Waals surface area contributed by atoms with Crippen molar-refractivity contribution in [3.8, 4) is 0 Å². The van der Waals surface area contributed by atoms with Crippen LogP contribution in [0.1, 0.15) is 39.0 Å². The van der Waals surface area contributed by atoms with E-state index in [1.54, 1.807) is 0 Å². The second kappa shape index (κ2) is 4.20. The van der Waals surface area contributed by atoms with E-state index >= 15 is 0 Å². The Morgan fingerprint density at radius 1 is 1.21 bits per heavy atom. The number of nitrogens with one attached hydrogen (secondary N) is 1. The fraction of sp³-hybridized carbons (Fsp3) is 0.909. The SMILES string of the molecule is CC1CC1NC(=O)N1CCCCCC1. The van der Waals surface area contributed by atoms with Gasteiger partial charge in [-0.1, -0.05) is 19.8 Å². The first kappa shape index (κ1) is 9.81. The fourth-order valence-corrected chi connectivity index (χ4v) is 2.05. The molecule has 2 atom stereocenters. The lowest BCUT2D eigenvalue weighted by atomic mass is 10.2. The summed E-state index contributed by atoms with van der Waals surface area (Å²) in [4.78, 5) is 13.7. The van der Waals surface area contributed by atoms with Crippen LogP contribution >= 0.6 is 0 Å². The van der Waals surface area contributed by atoms with Crippen molar-refractivity contribution >= 4 is 6.03 Å². The number of nitrogens with zero attached hydrogens (tertiary/aromatic N) is 1. The zero-order valence-corrected chi connectivity index (χ0v) is 8.96. The lowest BCUT2D eigenvalue weighted by Crippen LogP contribution is -2.41. The van der Waals surface area contributed by atoms with E-state index in [4.69, 9.17) is 0 Å². The molecule has 2 unspecified atom stereocenters. The van der Waals surface area contributed by atoms with Crippen LogP contribution in [0.5, 0.6) is 0 Å². The standard InChI is InChI=1S/C11H20N2O/c1-9-8-10(9)12-11(14)13-6-4-2-3-5-7-13/h9-10H,2-8H2,1H3,(H,12,14). The molecule has 2 rings (SSSR count). The maximum absolute atomic E-state index is 11.8. The predicted octanol–water partition coefficient (Wildman–Crippen LogP) is 1.98. The molecule has 1 saturated carbocycles. The van der Waals surface area contributed by atoms with Gasteiger partial charge >= 0.3 is 6.03 Å². The van der Waals surface area contributed by atoms with E-state index in [0.29, 0.717) is 12.0 Å². The van der Waals surface area contributed by atoms with Crippen molar-refractivity contribution in [2.75, 3.05) is 13.1 Å². The Bertz CT molecular complexity index is 209. The number of amides is 2. The minimum Gasteiger partial charge on any atom is -0.335 e. The lowest BCUT2D eigenvalue weighted by molar-refractivity contribution is 0.199. The van der Waals surface area contributed by atoms with E-state index in [2.05, 4.69) is 12.2 Å². The van der Waals surface area contributed by atoms with Gasteiger partial charge < -0.3 is 10.2 Å². The molecular weight excluding hydrogens is 176 g/mol. The van der Waals surface area contributed by atoms with Crippen molar-refractivity contribution in [1.29, 1.82) is 0 Å². The van der Waals surface area contributed by atoms with Crippen LogP contribution in [-0.2, 0) is 0 Å². The fourth-order valence-electron chi connectivity index (χ4n) is 2.05. The number of carbonyl (C=O) groups excluding carboxylic acids is 1. The first-order chi connectivity index (χ1) is 6.77. The zero-order valence-electron chi connectivity index (χ0n) is 8.96. The van der Waals surface area contributed by atoms with Crippen molar-refractivity contribution in [1.82, 2.24) is 10.2 Å². The molecule has 0 bridgehead atoms. The van der Waals surface area contributed by atoms with Crippen molar-refractivity contribution in [3.63, 3.8) is 0 Å². The summed E-state index contributed by atoms with van der Waals surface area (Å²) in [6.07, 6.45) is 6.08. The van der Waals surface area contributed by atoms with E-state index in [1.165, 1.54) is 32.1 Å². The van der Waals surface area contributed by atoms with Crippen LogP contribution in [0, 0.1) is 5.92 Å². The highest BCUT2D eigenvalue weighted by atomic mass is 16.2. The molecule has 1 heterocycles. The van der Waals surface area contributed by atoms with Gasteiger partial charge in [0.05, 0.1) is 0 Å². The van der Waals surface area contributed by atoms with E-state index in [9.17, 15) is 4.79 Å². The highest BCUT2D eigenvalue weighted by Gasteiger charge is 2.34. The molecule has 2 aliphatic rings. The first-order valence-corrected chi connectivity index (χ1v) is 5.83. The highest BCUT2D eigenvalue weighted by Crippen LogP contribution is 2.29. The van der Waals surface area contributed by atoms with Gasteiger partial charge in [0.1, 0.15) is 0 Å². The summed E-state index contributed by atoms with van der Waals surface area (Å²) in [7, 11) is 0. The summed E-state index contributed by atoms with van der Waals surface area (Å²) in [6, 6.07) is 0.631. The third kappa shape index (κ3) is 2.40. The average molecular weight is 196 g/mol. The molecule has 2 fully saturated rings. The molecule has 80 valence electrons. The second-order valence-electron chi connectivity index (χ2n) is 4.67. The topological polar surface area (TPSA) is 32.3 Å². The Labute approximate surface area is 85.8 Å². The Morgan fingerprint density at radius 3 is 2.29 bits per heavy atom. The summed E-state index contributed by atoms with van der Waals surface area (Å²) in [6.45, 7) is 4.09. The van der Waals surface area contributed by atoms with Gasteiger partial charge in [-0.3, -0.25) is 0 Å². The smallest absolute Gasteiger partial charge is 0.317 e. The molecule has 3 nitrogen and oxygen atoms in total. The lowest BCUT2D eigenvalue weighted by Gasteiger charge is -2.20. The number of likely N-dealkylation sites (tertiary alicyclic amines) is 1. The monoisotopic (exact) mass is 196 g/mol. The van der Waals surface area contributed by atoms with Crippen molar-refractivity contribution in [2.24, 2.45) is 5.92 Å². The predicted molar refractivity (Wildman–Crippen MR) is 56.1 cm³/mol. The molecule has 0 aromatic heterocycles. The van der Waals surface area contributed by atoms with Gasteiger partial charge in [-0.15, -0.1) is 0 Å². The van der Waals surface area contributed by atoms with Crippen molar-refractivity contribution in [3.05, 3.63) is 0 Å². The minimum absolute atomic E-state index is 0.168. The molecule has 1 N–H and O–H groups in total. The Kier molecular flexibility index (Phi) is 2.94. The molecule has 1 aliphatic carbocycles. The molecule has 1 aliphatic heterocycles. The molecule has 0 spiro atoms. The van der Waals surface area contributed by atoms with E-state index in [0.717, 1.165) is 13.1 Å². The molecule has 14 heavy (non-hydrogen) atoms. The number of carbonyl (C=O) groups is 1. The van der Waals surface area contributed by atoms with Gasteiger partial charge in [-0.2, -0.15) is 0 Å². The van der Waals surface area contributed by atoms with E-state index < -0.39 is 0 Å². The molecule has 0 aromatic carbocycles. The second-order valence-corrected chi connectivity index (χ2v) is 4.67. The van der Waals surface area contributed by atoms with Crippen LogP contribution < -0.4 is 5.32 Å². The Morgan fingerprint density at radius 2 is 1.79 bits per heavy atom. The molecular formula is C11H20N2O. The summed E-state index contributed by atoms with van der Waals surface area (Å²) in [5.41, 5.74) is 0. The normalized spacial score (nSPS) is 32.2. The summed E-state index contributed by atoms with van der Waals surface area (Å²) < 4.78 is 0. The highest BCUT2D eigenvalue weighted by molar-refractivity contribution is 5.74. The third-order valence-electron chi connectivity index (χ3n) is 3.31. The molecule has 0 radical (unpaired) electrons. The van der Waals surface area contributed by atoms with Crippen LogP contribution in [0.2, 0.25) is 0 Å². The van der Waals surface area contributed by atoms with Crippen LogP contribution in [0.4, 0.5) is 4.79 Å². The van der Waals surface area contributed by atoms with Crippen LogP contribution in [0.15, 0.2) is 0 Å². The van der Waals surface area contributed by atoms with Gasteiger partial charge in [0, 0.05) is 19.1 Å². The van der Waals surface area contributed by atoms with Crippen molar-refractivity contribution < 1.29 is 4.79 Å². The van der Waals surface area contributed by atoms with Crippen LogP contribution in [-0.4, -0.2) is 30.1 Å². The maximum atomic E-state index is 11.8. The Hall–Kier alpha value is -0.730. The van der Waals surface area contributed by atoms with E-state index in [-0.39, 0.29) is 6.03 Å². The zero-order chi connectivity index (χ0) is 9.97. The average Bonchev–Trinajstić information content (AvgIpc) is 2.89. The molecule has 1 saturated heterocycles. The molecule has 2 amide bonds. The number of rotatable bonds is 1. The number of hydrogen-bond acceptors (Lipinski definition) is 1. The van der Waals surface area contributed by atoms with Gasteiger partial charge in [-0.25, -0.2) is 4.79 Å². The van der Waals surface area contributed by atoms with Crippen LogP contribution in [0.3, 0.4) is 0 Å². The Balaban J connectivity index is 1.77. The quantitative estimate of drug-likeness (QED) is 0.683. The van der Waals surface area contributed by atoms with E-state index in [1.807, 2.05) is 4.90 Å². The molecule has 3 heteroatoms. The van der Waals surface area contributed by atoms with Crippen molar-refractivity contribution in [2.45, 2.75) is 45.1 Å². The van der Waals surface area contributed by atoms with Gasteiger partial charge in [0.15, 0.2) is 0 Å². The minimum atomic E-state index is 0.168. The summed E-state index contributed by atoms with van der Waals surface area (Å²) >= 11 is 0. The first-order valence-electron chi connectivity index (χ1n) is 5.83.